The molecule has 1 N–H and O–H groups in total. The standard InChI is InChI=1S/C20H26N4O2/c1-15-7-10-23(11-8-15)20(26)17-5-3-4-6-18(17)22-19(25)9-12-24-14-16(2)13-21-24/h3-6,13-15H,7-12H2,1-2H3,(H,22,25). The normalized spacial score (nSPS) is 15.1. The fourth-order valence-electron chi connectivity index (χ4n) is 3.18. The van der Waals surface area contributed by atoms with Gasteiger partial charge in [0.2, 0.25) is 5.91 Å². The second kappa shape index (κ2) is 8.17. The Bertz CT molecular complexity index is 776. The number of likely N-dealkylation sites (tertiary alicyclic amines) is 1. The predicted molar refractivity (Wildman–Crippen MR) is 101 cm³/mol. The molecule has 1 aromatic carbocycles. The van der Waals surface area contributed by atoms with Crippen molar-refractivity contribution in [2.75, 3.05) is 18.4 Å². The van der Waals surface area contributed by atoms with Gasteiger partial charge in [-0.15, -0.1) is 0 Å². The monoisotopic (exact) mass is 354 g/mol. The van der Waals surface area contributed by atoms with Crippen LogP contribution in [0, 0.1) is 12.8 Å². The lowest BCUT2D eigenvalue weighted by Crippen LogP contribution is -2.38. The molecule has 3 rings (SSSR count). The Kier molecular flexibility index (Phi) is 5.71. The molecule has 6 nitrogen and oxygen atoms in total. The Balaban J connectivity index is 1.63. The second-order valence-corrected chi connectivity index (χ2v) is 7.10. The molecule has 2 heterocycles. The van der Waals surface area contributed by atoms with E-state index in [4.69, 9.17) is 0 Å². The summed E-state index contributed by atoms with van der Waals surface area (Å²) < 4.78 is 1.75. The number of piperidine rings is 1. The number of para-hydroxylation sites is 1. The third-order valence-electron chi connectivity index (χ3n) is 4.83. The van der Waals surface area contributed by atoms with Crippen LogP contribution < -0.4 is 5.32 Å². The van der Waals surface area contributed by atoms with Gasteiger partial charge in [0.1, 0.15) is 0 Å². The third kappa shape index (κ3) is 4.50. The molecule has 1 aliphatic rings. The number of nitrogens with zero attached hydrogens (tertiary/aromatic N) is 3. The van der Waals surface area contributed by atoms with Crippen molar-refractivity contribution < 1.29 is 9.59 Å². The van der Waals surface area contributed by atoms with E-state index in [9.17, 15) is 9.59 Å². The van der Waals surface area contributed by atoms with E-state index < -0.39 is 0 Å². The van der Waals surface area contributed by atoms with Crippen LogP contribution in [0.3, 0.4) is 0 Å². The summed E-state index contributed by atoms with van der Waals surface area (Å²) in [5, 5.41) is 7.07. The molecule has 26 heavy (non-hydrogen) atoms. The number of anilines is 1. The smallest absolute Gasteiger partial charge is 0.255 e. The summed E-state index contributed by atoms with van der Waals surface area (Å²) in [6, 6.07) is 7.24. The highest BCUT2D eigenvalue weighted by Gasteiger charge is 2.23. The van der Waals surface area contributed by atoms with Gasteiger partial charge in [-0.05, 0) is 43.4 Å². The van der Waals surface area contributed by atoms with E-state index in [0.717, 1.165) is 31.5 Å². The predicted octanol–water partition coefficient (Wildman–Crippen LogP) is 3.09. The number of hydrogen-bond acceptors (Lipinski definition) is 3. The van der Waals surface area contributed by atoms with Crippen LogP contribution in [-0.2, 0) is 11.3 Å². The van der Waals surface area contributed by atoms with Crippen LogP contribution in [-0.4, -0.2) is 39.6 Å². The number of nitrogens with one attached hydrogen (secondary N) is 1. The number of aryl methyl sites for hydroxylation is 2. The zero-order valence-corrected chi connectivity index (χ0v) is 15.4. The molecule has 0 unspecified atom stereocenters. The van der Waals surface area contributed by atoms with E-state index >= 15 is 0 Å². The second-order valence-electron chi connectivity index (χ2n) is 7.10. The van der Waals surface area contributed by atoms with Gasteiger partial charge in [-0.25, -0.2) is 0 Å². The van der Waals surface area contributed by atoms with Crippen LogP contribution in [0.1, 0.15) is 42.1 Å². The molecule has 6 heteroatoms. The van der Waals surface area contributed by atoms with Gasteiger partial charge in [-0.1, -0.05) is 19.1 Å². The molecule has 138 valence electrons. The molecule has 0 bridgehead atoms. The highest BCUT2D eigenvalue weighted by molar-refractivity contribution is 6.03. The van der Waals surface area contributed by atoms with E-state index in [1.165, 1.54) is 0 Å². The van der Waals surface area contributed by atoms with Crippen molar-refractivity contribution in [1.29, 1.82) is 0 Å². The van der Waals surface area contributed by atoms with Gasteiger partial charge in [0.15, 0.2) is 0 Å². The van der Waals surface area contributed by atoms with Gasteiger partial charge in [-0.3, -0.25) is 14.3 Å². The van der Waals surface area contributed by atoms with Crippen molar-refractivity contribution in [3.05, 3.63) is 47.8 Å². The number of amides is 2. The fraction of sp³-hybridized carbons (Fsp3) is 0.450. The number of carbonyl (C=O) groups excluding carboxylic acids is 2. The van der Waals surface area contributed by atoms with Gasteiger partial charge in [0, 0.05) is 32.3 Å². The van der Waals surface area contributed by atoms with Crippen molar-refractivity contribution in [3.63, 3.8) is 0 Å². The van der Waals surface area contributed by atoms with Crippen LogP contribution >= 0.6 is 0 Å². The number of hydrogen-bond donors (Lipinski definition) is 1. The topological polar surface area (TPSA) is 67.2 Å². The molecule has 2 aromatic rings. The van der Waals surface area contributed by atoms with Crippen LogP contribution in [0.4, 0.5) is 5.69 Å². The Morgan fingerprint density at radius 2 is 1.96 bits per heavy atom. The number of rotatable bonds is 5. The Hall–Kier alpha value is -2.63. The van der Waals surface area contributed by atoms with Gasteiger partial charge >= 0.3 is 0 Å². The average Bonchev–Trinajstić information content (AvgIpc) is 3.06. The molecule has 0 saturated carbocycles. The van der Waals surface area contributed by atoms with E-state index in [0.29, 0.717) is 30.1 Å². The van der Waals surface area contributed by atoms with E-state index in [1.54, 1.807) is 23.0 Å². The molecule has 1 saturated heterocycles. The first-order chi connectivity index (χ1) is 12.5. The Labute approximate surface area is 154 Å². The summed E-state index contributed by atoms with van der Waals surface area (Å²) in [6.07, 6.45) is 6.05. The van der Waals surface area contributed by atoms with E-state index in [2.05, 4.69) is 17.3 Å². The highest BCUT2D eigenvalue weighted by Crippen LogP contribution is 2.22. The van der Waals surface area contributed by atoms with E-state index in [-0.39, 0.29) is 11.8 Å². The average molecular weight is 354 g/mol. The van der Waals surface area contributed by atoms with Crippen molar-refractivity contribution in [2.45, 2.75) is 39.7 Å². The largest absolute Gasteiger partial charge is 0.339 e. The lowest BCUT2D eigenvalue weighted by atomic mass is 9.98. The summed E-state index contributed by atoms with van der Waals surface area (Å²) in [4.78, 5) is 27.0. The molecule has 0 radical (unpaired) electrons. The molecule has 0 spiro atoms. The minimum Gasteiger partial charge on any atom is -0.339 e. The quantitative estimate of drug-likeness (QED) is 0.897. The minimum absolute atomic E-state index is 0.00417. The van der Waals surface area contributed by atoms with Gasteiger partial charge < -0.3 is 10.2 Å². The van der Waals surface area contributed by atoms with Gasteiger partial charge in [0.05, 0.1) is 17.4 Å². The number of carbonyl (C=O) groups is 2. The van der Waals surface area contributed by atoms with Crippen molar-refractivity contribution in [2.24, 2.45) is 5.92 Å². The summed E-state index contributed by atoms with van der Waals surface area (Å²) in [5.41, 5.74) is 2.21. The summed E-state index contributed by atoms with van der Waals surface area (Å²) in [7, 11) is 0. The lowest BCUT2D eigenvalue weighted by Gasteiger charge is -2.30. The van der Waals surface area contributed by atoms with E-state index in [1.807, 2.05) is 30.2 Å². The molecule has 0 atom stereocenters. The first-order valence-electron chi connectivity index (χ1n) is 9.20. The van der Waals surface area contributed by atoms with Crippen LogP contribution in [0.2, 0.25) is 0 Å². The zero-order valence-electron chi connectivity index (χ0n) is 15.4. The Morgan fingerprint density at radius 3 is 2.65 bits per heavy atom. The van der Waals surface area contributed by atoms with Crippen molar-refractivity contribution >= 4 is 17.5 Å². The number of aromatic nitrogens is 2. The highest BCUT2D eigenvalue weighted by atomic mass is 16.2. The summed E-state index contributed by atoms with van der Waals surface area (Å²) in [5.74, 6) is 0.543. The van der Waals surface area contributed by atoms with Crippen LogP contribution in [0.15, 0.2) is 36.7 Å². The lowest BCUT2D eigenvalue weighted by molar-refractivity contribution is -0.116. The van der Waals surface area contributed by atoms with Gasteiger partial charge in [-0.2, -0.15) is 5.10 Å². The maximum atomic E-state index is 12.9. The zero-order chi connectivity index (χ0) is 18.5. The first-order valence-corrected chi connectivity index (χ1v) is 9.20. The molecule has 2 amide bonds. The minimum atomic E-state index is -0.120. The SMILES string of the molecule is Cc1cnn(CCC(=O)Nc2ccccc2C(=O)N2CCC(C)CC2)c1. The summed E-state index contributed by atoms with van der Waals surface area (Å²) in [6.45, 7) is 6.26. The van der Waals surface area contributed by atoms with Gasteiger partial charge in [0.25, 0.3) is 5.91 Å². The third-order valence-corrected chi connectivity index (χ3v) is 4.83. The Morgan fingerprint density at radius 1 is 1.23 bits per heavy atom. The molecule has 1 aliphatic heterocycles. The molecule has 1 aromatic heterocycles. The first kappa shape index (κ1) is 18.2. The molecule has 1 fully saturated rings. The van der Waals surface area contributed by atoms with Crippen LogP contribution in [0.5, 0.6) is 0 Å². The molecular weight excluding hydrogens is 328 g/mol. The molecule has 0 aliphatic carbocycles. The fourth-order valence-corrected chi connectivity index (χ4v) is 3.18. The van der Waals surface area contributed by atoms with Crippen molar-refractivity contribution in [3.8, 4) is 0 Å². The number of benzene rings is 1. The summed E-state index contributed by atoms with van der Waals surface area (Å²) >= 11 is 0. The maximum Gasteiger partial charge on any atom is 0.255 e. The van der Waals surface area contributed by atoms with Crippen molar-refractivity contribution in [1.82, 2.24) is 14.7 Å². The maximum absolute atomic E-state index is 12.9. The molecular formula is C20H26N4O2. The van der Waals surface area contributed by atoms with Crippen LogP contribution in [0.25, 0.3) is 0 Å².